The van der Waals surface area contributed by atoms with Crippen molar-refractivity contribution in [2.45, 2.75) is 18.9 Å². The summed E-state index contributed by atoms with van der Waals surface area (Å²) in [5, 5.41) is 4.56. The van der Waals surface area contributed by atoms with Crippen molar-refractivity contribution in [3.63, 3.8) is 0 Å². The fraction of sp³-hybridized carbons (Fsp3) is 0.286. The summed E-state index contributed by atoms with van der Waals surface area (Å²) in [6.45, 7) is 0.874. The van der Waals surface area contributed by atoms with Gasteiger partial charge in [0.2, 0.25) is 5.89 Å². The molecule has 1 unspecified atom stereocenters. The SMILES string of the molecule is NC(=O)c1noc(C2CCCN2c2nc3ccccc3s2)n1. The third kappa shape index (κ3) is 2.12. The van der Waals surface area contributed by atoms with Gasteiger partial charge in [0.15, 0.2) is 5.13 Å². The predicted octanol–water partition coefficient (Wildman–Crippen LogP) is 2.12. The fourth-order valence-corrected chi connectivity index (χ4v) is 3.75. The maximum Gasteiger partial charge on any atom is 0.290 e. The quantitative estimate of drug-likeness (QED) is 0.795. The molecule has 1 aliphatic rings. The van der Waals surface area contributed by atoms with Gasteiger partial charge in [-0.05, 0) is 25.0 Å². The third-order valence-electron chi connectivity index (χ3n) is 3.73. The molecule has 4 rings (SSSR count). The number of para-hydroxylation sites is 1. The number of nitrogens with zero attached hydrogens (tertiary/aromatic N) is 4. The first kappa shape index (κ1) is 13.2. The van der Waals surface area contributed by atoms with Crippen LogP contribution in [0.3, 0.4) is 0 Å². The summed E-state index contributed by atoms with van der Waals surface area (Å²) >= 11 is 1.64. The van der Waals surface area contributed by atoms with Gasteiger partial charge in [0, 0.05) is 6.54 Å². The summed E-state index contributed by atoms with van der Waals surface area (Å²) in [4.78, 5) is 22.0. The smallest absolute Gasteiger partial charge is 0.290 e. The summed E-state index contributed by atoms with van der Waals surface area (Å²) in [6.07, 6.45) is 1.89. The second-order valence-corrected chi connectivity index (χ2v) is 6.15. The van der Waals surface area contributed by atoms with Crippen molar-refractivity contribution in [1.82, 2.24) is 15.1 Å². The zero-order chi connectivity index (χ0) is 15.1. The zero-order valence-corrected chi connectivity index (χ0v) is 12.4. The average molecular weight is 315 g/mol. The molecule has 1 atom stereocenters. The number of benzene rings is 1. The molecular formula is C14H13N5O2S. The molecule has 2 aromatic heterocycles. The largest absolute Gasteiger partial charge is 0.363 e. The Kier molecular flexibility index (Phi) is 3.04. The lowest BCUT2D eigenvalue weighted by molar-refractivity contribution is 0.0987. The van der Waals surface area contributed by atoms with Crippen LogP contribution < -0.4 is 10.6 Å². The highest BCUT2D eigenvalue weighted by molar-refractivity contribution is 7.22. The normalized spacial score (nSPS) is 18.2. The van der Waals surface area contributed by atoms with Gasteiger partial charge in [-0.15, -0.1) is 0 Å². The number of amides is 1. The van der Waals surface area contributed by atoms with E-state index < -0.39 is 5.91 Å². The summed E-state index contributed by atoms with van der Waals surface area (Å²) < 4.78 is 6.35. The summed E-state index contributed by atoms with van der Waals surface area (Å²) in [5.74, 6) is -0.337. The van der Waals surface area contributed by atoms with E-state index in [1.807, 2.05) is 18.2 Å². The number of primary amides is 1. The van der Waals surface area contributed by atoms with Gasteiger partial charge < -0.3 is 15.2 Å². The van der Waals surface area contributed by atoms with E-state index in [1.165, 1.54) is 0 Å². The maximum absolute atomic E-state index is 11.1. The lowest BCUT2D eigenvalue weighted by Gasteiger charge is -2.20. The van der Waals surface area contributed by atoms with Gasteiger partial charge in [0.05, 0.1) is 10.2 Å². The minimum Gasteiger partial charge on any atom is -0.363 e. The molecule has 3 aromatic rings. The fourth-order valence-electron chi connectivity index (χ4n) is 2.71. The minimum atomic E-state index is -0.681. The zero-order valence-electron chi connectivity index (χ0n) is 11.6. The van der Waals surface area contributed by atoms with Crippen molar-refractivity contribution >= 4 is 32.6 Å². The highest BCUT2D eigenvalue weighted by atomic mass is 32.1. The molecule has 0 spiro atoms. The molecule has 0 bridgehead atoms. The molecule has 22 heavy (non-hydrogen) atoms. The van der Waals surface area contributed by atoms with Crippen molar-refractivity contribution in [2.24, 2.45) is 5.73 Å². The molecular weight excluding hydrogens is 302 g/mol. The predicted molar refractivity (Wildman–Crippen MR) is 81.8 cm³/mol. The van der Waals surface area contributed by atoms with E-state index in [-0.39, 0.29) is 11.9 Å². The molecule has 7 nitrogen and oxygen atoms in total. The van der Waals surface area contributed by atoms with Crippen LogP contribution in [0.25, 0.3) is 10.2 Å². The number of rotatable bonds is 3. The average Bonchev–Trinajstić information content (AvgIpc) is 3.24. The molecule has 2 N–H and O–H groups in total. The van der Waals surface area contributed by atoms with Gasteiger partial charge in [0.25, 0.3) is 11.7 Å². The second kappa shape index (κ2) is 5.06. The van der Waals surface area contributed by atoms with E-state index in [1.54, 1.807) is 11.3 Å². The van der Waals surface area contributed by atoms with E-state index in [9.17, 15) is 4.79 Å². The van der Waals surface area contributed by atoms with Crippen molar-refractivity contribution < 1.29 is 9.32 Å². The van der Waals surface area contributed by atoms with Gasteiger partial charge in [-0.3, -0.25) is 4.79 Å². The summed E-state index contributed by atoms with van der Waals surface area (Å²) in [5.41, 5.74) is 6.16. The highest BCUT2D eigenvalue weighted by Gasteiger charge is 2.33. The van der Waals surface area contributed by atoms with Gasteiger partial charge >= 0.3 is 0 Å². The first-order valence-electron chi connectivity index (χ1n) is 6.98. The molecule has 112 valence electrons. The Labute approximate surface area is 129 Å². The second-order valence-electron chi connectivity index (χ2n) is 5.14. The molecule has 8 heteroatoms. The Morgan fingerprint density at radius 1 is 1.36 bits per heavy atom. The topological polar surface area (TPSA) is 98.1 Å². The molecule has 0 saturated carbocycles. The lowest BCUT2D eigenvalue weighted by atomic mass is 10.2. The molecule has 0 aliphatic carbocycles. The standard InChI is InChI=1S/C14H13N5O2S/c15-11(20)12-17-13(21-18-12)9-5-3-7-19(9)14-16-8-4-1-2-6-10(8)22-14/h1-2,4,6,9H,3,5,7H2,(H2,15,20). The monoisotopic (exact) mass is 315 g/mol. The number of thiazole rings is 1. The van der Waals surface area contributed by atoms with Crippen LogP contribution in [-0.2, 0) is 0 Å². The van der Waals surface area contributed by atoms with E-state index in [0.29, 0.717) is 5.89 Å². The number of aromatic nitrogens is 3. The lowest BCUT2D eigenvalue weighted by Crippen LogP contribution is -2.22. The van der Waals surface area contributed by atoms with Crippen LogP contribution in [0.1, 0.15) is 35.4 Å². The number of anilines is 1. The maximum atomic E-state index is 11.1. The van der Waals surface area contributed by atoms with Crippen LogP contribution >= 0.6 is 11.3 Å². The molecule has 1 amide bonds. The number of fused-ring (bicyclic) bond motifs is 1. The minimum absolute atomic E-state index is 0.0545. The van der Waals surface area contributed by atoms with Crippen LogP contribution in [0.5, 0.6) is 0 Å². The van der Waals surface area contributed by atoms with E-state index >= 15 is 0 Å². The van der Waals surface area contributed by atoms with Crippen molar-refractivity contribution in [3.8, 4) is 0 Å². The molecule has 1 aromatic carbocycles. The Morgan fingerprint density at radius 2 is 2.23 bits per heavy atom. The first-order valence-corrected chi connectivity index (χ1v) is 7.79. The Bertz CT molecular complexity index is 810. The van der Waals surface area contributed by atoms with Gasteiger partial charge in [-0.1, -0.05) is 28.6 Å². The molecule has 0 radical (unpaired) electrons. The van der Waals surface area contributed by atoms with Crippen LogP contribution in [0.15, 0.2) is 28.8 Å². The van der Waals surface area contributed by atoms with Crippen LogP contribution in [0.2, 0.25) is 0 Å². The van der Waals surface area contributed by atoms with E-state index in [4.69, 9.17) is 10.3 Å². The number of carbonyl (C=O) groups is 1. The molecule has 1 aliphatic heterocycles. The van der Waals surface area contributed by atoms with Gasteiger partial charge in [-0.2, -0.15) is 4.98 Å². The van der Waals surface area contributed by atoms with Crippen molar-refractivity contribution in [3.05, 3.63) is 36.0 Å². The Hall–Kier alpha value is -2.48. The van der Waals surface area contributed by atoms with E-state index in [0.717, 1.165) is 34.7 Å². The van der Waals surface area contributed by atoms with Crippen molar-refractivity contribution in [2.75, 3.05) is 11.4 Å². The van der Waals surface area contributed by atoms with Gasteiger partial charge in [-0.25, -0.2) is 4.98 Å². The molecule has 3 heterocycles. The van der Waals surface area contributed by atoms with Gasteiger partial charge in [0.1, 0.15) is 6.04 Å². The Morgan fingerprint density at radius 3 is 3.00 bits per heavy atom. The van der Waals surface area contributed by atoms with Crippen molar-refractivity contribution in [1.29, 1.82) is 0 Å². The third-order valence-corrected chi connectivity index (χ3v) is 4.80. The summed E-state index contributed by atoms with van der Waals surface area (Å²) in [7, 11) is 0. The highest BCUT2D eigenvalue weighted by Crippen LogP contribution is 2.39. The molecule has 1 fully saturated rings. The number of carbonyl (C=O) groups excluding carboxylic acids is 1. The molecule has 1 saturated heterocycles. The first-order chi connectivity index (χ1) is 10.7. The van der Waals surface area contributed by atoms with E-state index in [2.05, 4.69) is 26.1 Å². The number of hydrogen-bond donors (Lipinski definition) is 1. The summed E-state index contributed by atoms with van der Waals surface area (Å²) in [6, 6.07) is 7.98. The van der Waals surface area contributed by atoms with Crippen LogP contribution in [0, 0.1) is 0 Å². The Balaban J connectivity index is 1.69. The number of nitrogens with two attached hydrogens (primary N) is 1. The number of hydrogen-bond acceptors (Lipinski definition) is 7. The van der Waals surface area contributed by atoms with Crippen LogP contribution in [0.4, 0.5) is 5.13 Å². The van der Waals surface area contributed by atoms with Crippen LogP contribution in [-0.4, -0.2) is 27.6 Å².